The SMILES string of the molecule is Cc1cc(C)cc(OC(N)=O)c1.NC(CO)(CO)CO. The number of benzene rings is 1. The molecule has 0 saturated heterocycles. The van der Waals surface area contributed by atoms with Gasteiger partial charge in [0.05, 0.1) is 25.4 Å². The van der Waals surface area contributed by atoms with Gasteiger partial charge in [0.25, 0.3) is 0 Å². The first kappa shape index (κ1) is 18.3. The number of aliphatic hydroxyl groups excluding tert-OH is 3. The molecule has 114 valence electrons. The lowest BCUT2D eigenvalue weighted by molar-refractivity contribution is 0.0697. The number of aryl methyl sites for hydroxylation is 2. The molecule has 0 saturated carbocycles. The van der Waals surface area contributed by atoms with Gasteiger partial charge in [-0.1, -0.05) is 6.07 Å². The Morgan fingerprint density at radius 2 is 1.50 bits per heavy atom. The van der Waals surface area contributed by atoms with E-state index in [-0.39, 0.29) is 0 Å². The highest BCUT2D eigenvalue weighted by molar-refractivity contribution is 5.68. The van der Waals surface area contributed by atoms with Crippen molar-refractivity contribution in [3.05, 3.63) is 29.3 Å². The van der Waals surface area contributed by atoms with Gasteiger partial charge in [0.1, 0.15) is 5.75 Å². The van der Waals surface area contributed by atoms with Crippen molar-refractivity contribution in [3.8, 4) is 5.75 Å². The van der Waals surface area contributed by atoms with E-state index in [1.54, 1.807) is 12.1 Å². The standard InChI is InChI=1S/C9H11NO2.C4H11NO3/c1-6-3-7(2)5-8(4-6)12-9(10)11;5-4(1-6,2-7)3-8/h3-5H,1-2H3,(H2,10,11);6-8H,1-3,5H2. The van der Waals surface area contributed by atoms with E-state index in [1.807, 2.05) is 19.9 Å². The average Bonchev–Trinajstić information content (AvgIpc) is 2.36. The lowest BCUT2D eigenvalue weighted by Gasteiger charge is -2.20. The predicted octanol–water partition coefficient (Wildman–Crippen LogP) is -0.578. The Balaban J connectivity index is 0.000000396. The molecule has 0 aliphatic carbocycles. The third kappa shape index (κ3) is 7.05. The zero-order valence-electron chi connectivity index (χ0n) is 11.7. The zero-order valence-corrected chi connectivity index (χ0v) is 11.7. The number of ether oxygens (including phenoxy) is 1. The molecule has 20 heavy (non-hydrogen) atoms. The molecule has 0 aliphatic rings. The monoisotopic (exact) mass is 286 g/mol. The fourth-order valence-corrected chi connectivity index (χ4v) is 1.26. The lowest BCUT2D eigenvalue weighted by Crippen LogP contribution is -2.50. The molecular formula is C13H22N2O5. The van der Waals surface area contributed by atoms with Crippen LogP contribution in [0.5, 0.6) is 5.75 Å². The number of hydrogen-bond acceptors (Lipinski definition) is 6. The Hall–Kier alpha value is -1.67. The summed E-state index contributed by atoms with van der Waals surface area (Å²) in [4.78, 5) is 10.4. The second kappa shape index (κ2) is 8.49. The van der Waals surface area contributed by atoms with E-state index in [4.69, 9.17) is 31.5 Å². The van der Waals surface area contributed by atoms with Gasteiger partial charge < -0.3 is 31.5 Å². The number of rotatable bonds is 4. The number of carbonyl (C=O) groups is 1. The van der Waals surface area contributed by atoms with Crippen molar-refractivity contribution in [2.24, 2.45) is 11.5 Å². The summed E-state index contributed by atoms with van der Waals surface area (Å²) in [5.74, 6) is 0.500. The molecule has 1 aromatic rings. The maximum Gasteiger partial charge on any atom is 0.409 e. The fraction of sp³-hybridized carbons (Fsp3) is 0.462. The van der Waals surface area contributed by atoms with E-state index >= 15 is 0 Å². The minimum Gasteiger partial charge on any atom is -0.410 e. The summed E-state index contributed by atoms with van der Waals surface area (Å²) in [5, 5.41) is 25.0. The number of primary amides is 1. The van der Waals surface area contributed by atoms with E-state index in [1.165, 1.54) is 0 Å². The molecule has 0 heterocycles. The van der Waals surface area contributed by atoms with Crippen LogP contribution in [0.1, 0.15) is 11.1 Å². The molecule has 0 bridgehead atoms. The topological polar surface area (TPSA) is 139 Å². The van der Waals surface area contributed by atoms with Crippen molar-refractivity contribution in [2.75, 3.05) is 19.8 Å². The largest absolute Gasteiger partial charge is 0.410 e. The number of nitrogens with two attached hydrogens (primary N) is 2. The summed E-state index contributed by atoms with van der Waals surface area (Å²) < 4.78 is 4.71. The summed E-state index contributed by atoms with van der Waals surface area (Å²) in [6.07, 6.45) is -0.778. The van der Waals surface area contributed by atoms with Crippen molar-refractivity contribution in [1.82, 2.24) is 0 Å². The van der Waals surface area contributed by atoms with Crippen molar-refractivity contribution in [1.29, 1.82) is 0 Å². The maximum atomic E-state index is 10.4. The number of carbonyl (C=O) groups excluding carboxylic acids is 1. The van der Waals surface area contributed by atoms with Gasteiger partial charge in [-0.3, -0.25) is 0 Å². The first-order valence-corrected chi connectivity index (χ1v) is 5.93. The van der Waals surface area contributed by atoms with Gasteiger partial charge >= 0.3 is 6.09 Å². The quantitative estimate of drug-likeness (QED) is 0.502. The second-order valence-electron chi connectivity index (χ2n) is 4.58. The Morgan fingerprint density at radius 1 is 1.10 bits per heavy atom. The molecule has 0 spiro atoms. The fourth-order valence-electron chi connectivity index (χ4n) is 1.26. The zero-order chi connectivity index (χ0) is 15.8. The van der Waals surface area contributed by atoms with Crippen LogP contribution in [0.25, 0.3) is 0 Å². The molecule has 0 radical (unpaired) electrons. The Morgan fingerprint density at radius 3 is 1.75 bits per heavy atom. The van der Waals surface area contributed by atoms with Gasteiger partial charge in [0, 0.05) is 0 Å². The van der Waals surface area contributed by atoms with Crippen molar-refractivity contribution in [2.45, 2.75) is 19.4 Å². The summed E-state index contributed by atoms with van der Waals surface area (Å²) in [6.45, 7) is 2.65. The maximum absolute atomic E-state index is 10.4. The average molecular weight is 286 g/mol. The van der Waals surface area contributed by atoms with Crippen molar-refractivity contribution in [3.63, 3.8) is 0 Å². The Bertz CT molecular complexity index is 404. The summed E-state index contributed by atoms with van der Waals surface area (Å²) >= 11 is 0. The van der Waals surface area contributed by atoms with Gasteiger partial charge in [0.15, 0.2) is 0 Å². The molecular weight excluding hydrogens is 264 g/mol. The normalized spacial score (nSPS) is 10.5. The minimum absolute atomic E-state index is 0.403. The molecule has 7 heteroatoms. The Labute approximate surface area is 117 Å². The van der Waals surface area contributed by atoms with Crippen LogP contribution in [0.4, 0.5) is 4.79 Å². The van der Waals surface area contributed by atoms with Crippen molar-refractivity contribution < 1.29 is 24.9 Å². The predicted molar refractivity (Wildman–Crippen MR) is 74.3 cm³/mol. The van der Waals surface area contributed by atoms with Gasteiger partial charge in [-0.15, -0.1) is 0 Å². The molecule has 1 amide bonds. The molecule has 0 atom stereocenters. The third-order valence-electron chi connectivity index (χ3n) is 2.36. The van der Waals surface area contributed by atoms with Gasteiger partial charge in [-0.05, 0) is 37.1 Å². The van der Waals surface area contributed by atoms with Crippen molar-refractivity contribution >= 4 is 6.09 Å². The minimum atomic E-state index is -1.21. The highest BCUT2D eigenvalue weighted by Crippen LogP contribution is 2.15. The van der Waals surface area contributed by atoms with E-state index in [2.05, 4.69) is 0 Å². The first-order valence-electron chi connectivity index (χ1n) is 5.93. The number of amides is 1. The molecule has 1 rings (SSSR count). The summed E-state index contributed by atoms with van der Waals surface area (Å²) in [5.41, 5.74) is 10.9. The summed E-state index contributed by atoms with van der Waals surface area (Å²) in [7, 11) is 0. The first-order chi connectivity index (χ1) is 9.26. The molecule has 1 aromatic carbocycles. The molecule has 0 aromatic heterocycles. The molecule has 7 nitrogen and oxygen atoms in total. The smallest absolute Gasteiger partial charge is 0.409 e. The number of hydrogen-bond donors (Lipinski definition) is 5. The molecule has 0 aliphatic heterocycles. The molecule has 7 N–H and O–H groups in total. The van der Waals surface area contributed by atoms with Crippen LogP contribution in [-0.2, 0) is 0 Å². The highest BCUT2D eigenvalue weighted by Gasteiger charge is 2.20. The van der Waals surface area contributed by atoms with Crippen LogP contribution in [0.3, 0.4) is 0 Å². The van der Waals surface area contributed by atoms with Gasteiger partial charge in [0.2, 0.25) is 0 Å². The molecule has 0 fully saturated rings. The third-order valence-corrected chi connectivity index (χ3v) is 2.36. The van der Waals surface area contributed by atoms with E-state index in [0.29, 0.717) is 5.75 Å². The van der Waals surface area contributed by atoms with Crippen LogP contribution < -0.4 is 16.2 Å². The van der Waals surface area contributed by atoms with E-state index in [0.717, 1.165) is 11.1 Å². The van der Waals surface area contributed by atoms with Crippen LogP contribution in [0.15, 0.2) is 18.2 Å². The highest BCUT2D eigenvalue weighted by atomic mass is 16.5. The molecule has 0 unspecified atom stereocenters. The van der Waals surface area contributed by atoms with Crippen LogP contribution in [0.2, 0.25) is 0 Å². The van der Waals surface area contributed by atoms with Crippen LogP contribution in [-0.4, -0.2) is 46.8 Å². The Kier molecular flexibility index (Phi) is 7.78. The van der Waals surface area contributed by atoms with Gasteiger partial charge in [-0.25, -0.2) is 4.79 Å². The van der Waals surface area contributed by atoms with E-state index < -0.39 is 31.5 Å². The summed E-state index contributed by atoms with van der Waals surface area (Å²) in [6, 6.07) is 5.52. The second-order valence-corrected chi connectivity index (χ2v) is 4.58. The lowest BCUT2D eigenvalue weighted by atomic mass is 10.1. The van der Waals surface area contributed by atoms with Crippen LogP contribution >= 0.6 is 0 Å². The van der Waals surface area contributed by atoms with Gasteiger partial charge in [-0.2, -0.15) is 0 Å². The van der Waals surface area contributed by atoms with Crippen LogP contribution in [0, 0.1) is 13.8 Å². The van der Waals surface area contributed by atoms with E-state index in [9.17, 15) is 4.79 Å². The number of aliphatic hydroxyl groups is 3.